The van der Waals surface area contributed by atoms with Crippen molar-refractivity contribution >= 4 is 11.7 Å². The molecule has 32 heavy (non-hydrogen) atoms. The molecule has 0 aromatic carbocycles. The first kappa shape index (κ1) is 22.9. The highest BCUT2D eigenvalue weighted by Gasteiger charge is 2.42. The van der Waals surface area contributed by atoms with Crippen molar-refractivity contribution in [2.75, 3.05) is 20.2 Å². The predicted molar refractivity (Wildman–Crippen MR) is 114 cm³/mol. The van der Waals surface area contributed by atoms with E-state index in [4.69, 9.17) is 14.8 Å². The summed E-state index contributed by atoms with van der Waals surface area (Å²) >= 11 is 0. The van der Waals surface area contributed by atoms with Gasteiger partial charge in [0.1, 0.15) is 0 Å². The van der Waals surface area contributed by atoms with Gasteiger partial charge in [0.15, 0.2) is 5.65 Å². The third kappa shape index (κ3) is 4.30. The van der Waals surface area contributed by atoms with E-state index in [9.17, 15) is 18.0 Å². The van der Waals surface area contributed by atoms with Crippen molar-refractivity contribution in [2.24, 2.45) is 5.92 Å². The maximum atomic E-state index is 13.1. The summed E-state index contributed by atoms with van der Waals surface area (Å²) in [7, 11) is 1.39. The summed E-state index contributed by atoms with van der Waals surface area (Å²) in [5.41, 5.74) is 4.70. The van der Waals surface area contributed by atoms with Gasteiger partial charge in [0.05, 0.1) is 24.4 Å². The van der Waals surface area contributed by atoms with E-state index in [2.05, 4.69) is 6.92 Å². The Morgan fingerprint density at radius 2 is 1.91 bits per heavy atom. The normalized spacial score (nSPS) is 24.7. The van der Waals surface area contributed by atoms with Gasteiger partial charge in [0.25, 0.3) is 0 Å². The van der Waals surface area contributed by atoms with E-state index in [1.807, 2.05) is 17.5 Å². The average Bonchev–Trinajstić information content (AvgIpc) is 3.20. The molecule has 1 aliphatic carbocycles. The molecule has 3 heterocycles. The number of hydrogen-bond donors (Lipinski definition) is 0. The highest BCUT2D eigenvalue weighted by molar-refractivity contribution is 5.67. The molecule has 4 rings (SSSR count). The standard InChI is InChI=1S/C23H31F3N4O2/c1-4-18-14(2)27-20-12-19(15-7-9-17(10-8-15)23(24,25)26)28-30(20)21(18)16-6-5-11-29(13-16)22(31)32-3/h12,15-17H,4-11,13H2,1-3H3/t15?,16-,17?/m1/s1. The fraction of sp³-hybridized carbons (Fsp3) is 0.696. The second-order valence-corrected chi connectivity index (χ2v) is 9.10. The number of amides is 1. The van der Waals surface area contributed by atoms with Crippen LogP contribution in [0.15, 0.2) is 6.07 Å². The number of alkyl halides is 3. The summed E-state index contributed by atoms with van der Waals surface area (Å²) in [5, 5.41) is 4.88. The third-order valence-electron chi connectivity index (χ3n) is 7.17. The lowest BCUT2D eigenvalue weighted by molar-refractivity contribution is -0.182. The van der Waals surface area contributed by atoms with Crippen LogP contribution in [0.4, 0.5) is 18.0 Å². The maximum absolute atomic E-state index is 13.1. The molecule has 2 fully saturated rings. The number of hydrogen-bond acceptors (Lipinski definition) is 4. The molecule has 0 unspecified atom stereocenters. The number of methoxy groups -OCH3 is 1. The first-order valence-corrected chi connectivity index (χ1v) is 11.5. The Balaban J connectivity index is 1.67. The number of piperidine rings is 1. The summed E-state index contributed by atoms with van der Waals surface area (Å²) in [6, 6.07) is 1.94. The highest BCUT2D eigenvalue weighted by atomic mass is 19.4. The number of carbonyl (C=O) groups is 1. The number of ether oxygens (including phenoxy) is 1. The van der Waals surface area contributed by atoms with Crippen molar-refractivity contribution in [3.8, 4) is 0 Å². The number of likely N-dealkylation sites (tertiary alicyclic amines) is 1. The van der Waals surface area contributed by atoms with Crippen LogP contribution in [0.1, 0.15) is 79.9 Å². The van der Waals surface area contributed by atoms with E-state index in [0.29, 0.717) is 25.9 Å². The zero-order chi connectivity index (χ0) is 23.0. The Hall–Kier alpha value is -2.32. The minimum atomic E-state index is -4.11. The lowest BCUT2D eigenvalue weighted by Gasteiger charge is -2.33. The molecule has 6 nitrogen and oxygen atoms in total. The predicted octanol–water partition coefficient (Wildman–Crippen LogP) is 5.38. The molecule has 1 saturated carbocycles. The molecule has 0 N–H and O–H groups in total. The molecule has 0 bridgehead atoms. The largest absolute Gasteiger partial charge is 0.453 e. The van der Waals surface area contributed by atoms with Crippen LogP contribution in [0.2, 0.25) is 0 Å². The van der Waals surface area contributed by atoms with Gasteiger partial charge in [-0.2, -0.15) is 18.3 Å². The van der Waals surface area contributed by atoms with Gasteiger partial charge in [-0.25, -0.2) is 14.3 Å². The minimum absolute atomic E-state index is 0.0199. The number of carbonyl (C=O) groups excluding carboxylic acids is 1. The number of aryl methyl sites for hydroxylation is 1. The third-order valence-corrected chi connectivity index (χ3v) is 7.17. The second-order valence-electron chi connectivity index (χ2n) is 9.10. The molecule has 1 saturated heterocycles. The smallest absolute Gasteiger partial charge is 0.409 e. The monoisotopic (exact) mass is 452 g/mol. The zero-order valence-electron chi connectivity index (χ0n) is 18.9. The SMILES string of the molecule is CCc1c(C)nc2cc(C3CCC(C(F)(F)F)CC3)nn2c1[C@@H]1CCCN(C(=O)OC)C1. The first-order valence-electron chi connectivity index (χ1n) is 11.5. The number of rotatable bonds is 3. The van der Waals surface area contributed by atoms with E-state index >= 15 is 0 Å². The molecule has 2 aromatic rings. The van der Waals surface area contributed by atoms with Crippen LogP contribution < -0.4 is 0 Å². The number of fused-ring (bicyclic) bond motifs is 1. The quantitative estimate of drug-likeness (QED) is 0.627. The van der Waals surface area contributed by atoms with Crippen molar-refractivity contribution in [1.29, 1.82) is 0 Å². The molecule has 9 heteroatoms. The van der Waals surface area contributed by atoms with Gasteiger partial charge in [0, 0.05) is 36.7 Å². The van der Waals surface area contributed by atoms with Crippen molar-refractivity contribution < 1.29 is 22.7 Å². The lowest BCUT2D eigenvalue weighted by atomic mass is 9.80. The number of aromatic nitrogens is 3. The summed E-state index contributed by atoms with van der Waals surface area (Å²) in [5.74, 6) is -1.08. The van der Waals surface area contributed by atoms with Gasteiger partial charge in [0.2, 0.25) is 0 Å². The van der Waals surface area contributed by atoms with E-state index in [1.54, 1.807) is 4.90 Å². The molecule has 2 aromatic heterocycles. The van der Waals surface area contributed by atoms with Crippen LogP contribution in [0.25, 0.3) is 5.65 Å². The average molecular weight is 453 g/mol. The van der Waals surface area contributed by atoms with Gasteiger partial charge < -0.3 is 9.64 Å². The molecule has 0 radical (unpaired) electrons. The summed E-state index contributed by atoms with van der Waals surface area (Å²) in [6.07, 6.45) is -0.547. The molecule has 1 atom stereocenters. The Labute approximate surface area is 186 Å². The van der Waals surface area contributed by atoms with Crippen LogP contribution in [0.3, 0.4) is 0 Å². The zero-order valence-corrected chi connectivity index (χ0v) is 18.9. The first-order chi connectivity index (χ1) is 15.2. The highest BCUT2D eigenvalue weighted by Crippen LogP contribution is 2.43. The molecular weight excluding hydrogens is 421 g/mol. The molecule has 1 amide bonds. The van der Waals surface area contributed by atoms with Crippen LogP contribution in [-0.2, 0) is 11.2 Å². The van der Waals surface area contributed by atoms with Gasteiger partial charge in [-0.15, -0.1) is 0 Å². The maximum Gasteiger partial charge on any atom is 0.409 e. The van der Waals surface area contributed by atoms with Crippen LogP contribution >= 0.6 is 0 Å². The van der Waals surface area contributed by atoms with Crippen molar-refractivity contribution in [3.63, 3.8) is 0 Å². The van der Waals surface area contributed by atoms with Crippen molar-refractivity contribution in [1.82, 2.24) is 19.5 Å². The molecular formula is C23H31F3N4O2. The van der Waals surface area contributed by atoms with E-state index < -0.39 is 12.1 Å². The fourth-order valence-corrected chi connectivity index (χ4v) is 5.47. The summed E-state index contributed by atoms with van der Waals surface area (Å²) in [4.78, 5) is 18.6. The van der Waals surface area contributed by atoms with Crippen molar-refractivity contribution in [2.45, 2.75) is 76.8 Å². The fourth-order valence-electron chi connectivity index (χ4n) is 5.47. The molecule has 1 aliphatic heterocycles. The molecule has 0 spiro atoms. The van der Waals surface area contributed by atoms with Crippen LogP contribution in [0.5, 0.6) is 0 Å². The van der Waals surface area contributed by atoms with E-state index in [1.165, 1.54) is 7.11 Å². The van der Waals surface area contributed by atoms with Gasteiger partial charge >= 0.3 is 12.3 Å². The van der Waals surface area contributed by atoms with Gasteiger partial charge in [-0.05, 0) is 57.4 Å². The van der Waals surface area contributed by atoms with Crippen molar-refractivity contribution in [3.05, 3.63) is 28.7 Å². The molecule has 176 valence electrons. The Bertz CT molecular complexity index is 980. The lowest BCUT2D eigenvalue weighted by Crippen LogP contribution is -2.39. The van der Waals surface area contributed by atoms with Gasteiger partial charge in [-0.3, -0.25) is 0 Å². The Morgan fingerprint density at radius 3 is 2.53 bits per heavy atom. The minimum Gasteiger partial charge on any atom is -0.453 e. The van der Waals surface area contributed by atoms with Gasteiger partial charge in [-0.1, -0.05) is 6.92 Å². The Kier molecular flexibility index (Phi) is 6.36. The Morgan fingerprint density at radius 1 is 1.19 bits per heavy atom. The molecule has 2 aliphatic rings. The summed E-state index contributed by atoms with van der Waals surface area (Å²) in [6.45, 7) is 5.31. The van der Waals surface area contributed by atoms with Crippen LogP contribution in [0, 0.1) is 12.8 Å². The van der Waals surface area contributed by atoms with Crippen LogP contribution in [-0.4, -0.2) is 52.0 Å². The number of halogens is 3. The second kappa shape index (κ2) is 8.90. The van der Waals surface area contributed by atoms with E-state index in [0.717, 1.165) is 47.6 Å². The summed E-state index contributed by atoms with van der Waals surface area (Å²) < 4.78 is 46.0. The number of nitrogens with zero attached hydrogens (tertiary/aromatic N) is 4. The topological polar surface area (TPSA) is 59.7 Å². The van der Waals surface area contributed by atoms with E-state index in [-0.39, 0.29) is 30.8 Å².